The predicted octanol–water partition coefficient (Wildman–Crippen LogP) is 0.167. The average molecular weight is 332 g/mol. The van der Waals surface area contributed by atoms with Gasteiger partial charge in [0, 0.05) is 14.1 Å². The molecule has 21 heavy (non-hydrogen) atoms. The van der Waals surface area contributed by atoms with E-state index in [1.165, 1.54) is 21.0 Å². The van der Waals surface area contributed by atoms with Gasteiger partial charge in [-0.05, 0) is 13.8 Å². The van der Waals surface area contributed by atoms with Gasteiger partial charge in [-0.3, -0.25) is 9.56 Å². The van der Waals surface area contributed by atoms with Gasteiger partial charge in [0.2, 0.25) is 0 Å². The molecule has 0 unspecified atom stereocenters. The first kappa shape index (κ1) is 15.6. The molecule has 0 aliphatic heterocycles. The van der Waals surface area contributed by atoms with Gasteiger partial charge in [0.1, 0.15) is 0 Å². The van der Waals surface area contributed by atoms with Crippen molar-refractivity contribution in [3.05, 3.63) is 38.7 Å². The maximum atomic E-state index is 13.9. The zero-order valence-electron chi connectivity index (χ0n) is 11.8. The second-order valence-corrected chi connectivity index (χ2v) is 7.49. The van der Waals surface area contributed by atoms with Crippen LogP contribution in [0.25, 0.3) is 0 Å². The SMILES string of the molecule is C/N=c1\c(F)cn(S(=O)(=O)c2sc(C)nc2C)c(=O)n1C. The van der Waals surface area contributed by atoms with Gasteiger partial charge < -0.3 is 0 Å². The van der Waals surface area contributed by atoms with E-state index in [1.54, 1.807) is 6.92 Å². The van der Waals surface area contributed by atoms with E-state index in [4.69, 9.17) is 0 Å². The van der Waals surface area contributed by atoms with Gasteiger partial charge in [0.05, 0.1) is 16.9 Å². The van der Waals surface area contributed by atoms with Crippen LogP contribution in [0.15, 0.2) is 20.2 Å². The molecule has 114 valence electrons. The van der Waals surface area contributed by atoms with E-state index in [0.29, 0.717) is 15.2 Å². The molecule has 0 spiro atoms. The number of hydrogen-bond acceptors (Lipinski definition) is 6. The van der Waals surface area contributed by atoms with Crippen molar-refractivity contribution in [2.75, 3.05) is 7.05 Å². The molecule has 0 fully saturated rings. The summed E-state index contributed by atoms with van der Waals surface area (Å²) in [5, 5.41) is 0.546. The van der Waals surface area contributed by atoms with Gasteiger partial charge in [0.25, 0.3) is 10.0 Å². The van der Waals surface area contributed by atoms with Crippen LogP contribution in [0.4, 0.5) is 4.39 Å². The lowest BCUT2D eigenvalue weighted by Crippen LogP contribution is -2.42. The zero-order chi connectivity index (χ0) is 15.9. The van der Waals surface area contributed by atoms with Crippen molar-refractivity contribution in [3.63, 3.8) is 0 Å². The lowest BCUT2D eigenvalue weighted by molar-refractivity contribution is 0.538. The number of hydrogen-bond donors (Lipinski definition) is 0. The highest BCUT2D eigenvalue weighted by atomic mass is 32.2. The summed E-state index contributed by atoms with van der Waals surface area (Å²) in [5.74, 6) is -0.901. The van der Waals surface area contributed by atoms with Crippen LogP contribution in [0.3, 0.4) is 0 Å². The Morgan fingerprint density at radius 3 is 2.48 bits per heavy atom. The molecule has 0 saturated carbocycles. The molecule has 7 nitrogen and oxygen atoms in total. The van der Waals surface area contributed by atoms with Crippen molar-refractivity contribution in [1.82, 2.24) is 13.5 Å². The van der Waals surface area contributed by atoms with E-state index in [0.717, 1.165) is 15.9 Å². The number of thiazole rings is 1. The minimum Gasteiger partial charge on any atom is -0.278 e. The maximum absolute atomic E-state index is 13.9. The number of halogens is 1. The van der Waals surface area contributed by atoms with Crippen LogP contribution in [0, 0.1) is 19.7 Å². The summed E-state index contributed by atoms with van der Waals surface area (Å²) in [5.41, 5.74) is -0.845. The van der Waals surface area contributed by atoms with Crippen molar-refractivity contribution in [3.8, 4) is 0 Å². The van der Waals surface area contributed by atoms with Crippen molar-refractivity contribution in [1.29, 1.82) is 0 Å². The minimum absolute atomic E-state index is 0.0808. The Bertz CT molecular complexity index is 937. The monoisotopic (exact) mass is 332 g/mol. The Hall–Kier alpha value is -1.81. The maximum Gasteiger partial charge on any atom is 0.343 e. The van der Waals surface area contributed by atoms with Crippen LogP contribution in [-0.2, 0) is 17.1 Å². The van der Waals surface area contributed by atoms with Gasteiger partial charge in [-0.25, -0.2) is 14.2 Å². The third-order valence-electron chi connectivity index (χ3n) is 2.80. The molecular formula is C11H13FN4O3S2. The number of aryl methyl sites for hydroxylation is 2. The second-order valence-electron chi connectivity index (χ2n) is 4.27. The van der Waals surface area contributed by atoms with Gasteiger partial charge in [0.15, 0.2) is 15.5 Å². The normalized spacial score (nSPS) is 12.9. The summed E-state index contributed by atoms with van der Waals surface area (Å²) < 4.78 is 40.1. The number of aromatic nitrogens is 3. The summed E-state index contributed by atoms with van der Waals surface area (Å²) in [6, 6.07) is 0. The minimum atomic E-state index is -4.19. The van der Waals surface area contributed by atoms with Crippen LogP contribution in [-0.4, -0.2) is 29.0 Å². The standard InChI is InChI=1S/C11H13FN4O3S2/c1-6-10(20-7(2)14-6)21(18,19)16-5-8(12)9(13-3)15(4)11(16)17/h5H,1-4H3/b13-9+. The Labute approximate surface area is 124 Å². The number of nitrogens with zero attached hydrogens (tertiary/aromatic N) is 4. The average Bonchev–Trinajstić information content (AvgIpc) is 2.74. The van der Waals surface area contributed by atoms with Crippen molar-refractivity contribution in [2.45, 2.75) is 18.1 Å². The molecule has 0 N–H and O–H groups in total. The highest BCUT2D eigenvalue weighted by Gasteiger charge is 2.26. The predicted molar refractivity (Wildman–Crippen MR) is 75.3 cm³/mol. The fraction of sp³-hybridized carbons (Fsp3) is 0.364. The third-order valence-corrected chi connectivity index (χ3v) is 6.10. The lowest BCUT2D eigenvalue weighted by Gasteiger charge is -2.09. The lowest BCUT2D eigenvalue weighted by atomic mass is 10.6. The van der Waals surface area contributed by atoms with Crippen LogP contribution >= 0.6 is 11.3 Å². The summed E-state index contributed by atoms with van der Waals surface area (Å²) >= 11 is 0.933. The molecule has 2 heterocycles. The highest BCUT2D eigenvalue weighted by Crippen LogP contribution is 2.24. The van der Waals surface area contributed by atoms with Crippen molar-refractivity contribution in [2.24, 2.45) is 12.0 Å². The van der Waals surface area contributed by atoms with Gasteiger partial charge >= 0.3 is 5.69 Å². The molecule has 0 aliphatic carbocycles. The second kappa shape index (κ2) is 5.19. The Kier molecular flexibility index (Phi) is 3.85. The van der Waals surface area contributed by atoms with E-state index in [2.05, 4.69) is 9.98 Å². The summed E-state index contributed by atoms with van der Waals surface area (Å²) in [6.45, 7) is 3.17. The molecule has 0 aliphatic rings. The molecule has 2 rings (SSSR count). The third kappa shape index (κ3) is 2.44. The first-order valence-electron chi connectivity index (χ1n) is 5.80. The fourth-order valence-corrected chi connectivity index (χ4v) is 4.71. The van der Waals surface area contributed by atoms with Crippen LogP contribution in [0.5, 0.6) is 0 Å². The summed E-state index contributed by atoms with van der Waals surface area (Å²) in [6.07, 6.45) is 0.633. The quantitative estimate of drug-likeness (QED) is 0.784. The zero-order valence-corrected chi connectivity index (χ0v) is 13.4. The van der Waals surface area contributed by atoms with Crippen LogP contribution < -0.4 is 11.2 Å². The molecule has 0 amide bonds. The van der Waals surface area contributed by atoms with E-state index >= 15 is 0 Å². The van der Waals surface area contributed by atoms with E-state index in [9.17, 15) is 17.6 Å². The van der Waals surface area contributed by atoms with E-state index in [1.807, 2.05) is 0 Å². The topological polar surface area (TPSA) is 86.3 Å². The summed E-state index contributed by atoms with van der Waals surface area (Å²) in [4.78, 5) is 19.8. The van der Waals surface area contributed by atoms with Crippen molar-refractivity contribution >= 4 is 21.4 Å². The van der Waals surface area contributed by atoms with Crippen molar-refractivity contribution < 1.29 is 12.8 Å². The molecular weight excluding hydrogens is 319 g/mol. The number of rotatable bonds is 2. The van der Waals surface area contributed by atoms with Gasteiger partial charge in [-0.15, -0.1) is 11.3 Å². The molecule has 0 aromatic carbocycles. The molecule has 0 radical (unpaired) electrons. The molecule has 10 heteroatoms. The van der Waals surface area contributed by atoms with E-state index < -0.39 is 21.5 Å². The van der Waals surface area contributed by atoms with Gasteiger partial charge in [-0.1, -0.05) is 0 Å². The first-order chi connectivity index (χ1) is 9.70. The molecule has 0 atom stereocenters. The Morgan fingerprint density at radius 1 is 1.38 bits per heavy atom. The Balaban J connectivity index is 2.85. The summed E-state index contributed by atoms with van der Waals surface area (Å²) in [7, 11) is -1.62. The molecule has 2 aromatic heterocycles. The first-order valence-corrected chi connectivity index (χ1v) is 8.06. The molecule has 2 aromatic rings. The molecule has 0 saturated heterocycles. The van der Waals surface area contributed by atoms with E-state index in [-0.39, 0.29) is 15.4 Å². The van der Waals surface area contributed by atoms with Crippen LogP contribution in [0.2, 0.25) is 0 Å². The highest BCUT2D eigenvalue weighted by molar-refractivity contribution is 7.92. The smallest absolute Gasteiger partial charge is 0.278 e. The fourth-order valence-electron chi connectivity index (χ4n) is 1.88. The Morgan fingerprint density at radius 2 is 2.00 bits per heavy atom. The van der Waals surface area contributed by atoms with Crippen LogP contribution in [0.1, 0.15) is 10.7 Å². The molecule has 0 bridgehead atoms. The van der Waals surface area contributed by atoms with Gasteiger partial charge in [-0.2, -0.15) is 12.4 Å². The largest absolute Gasteiger partial charge is 0.343 e.